The van der Waals surface area contributed by atoms with Gasteiger partial charge in [-0.3, -0.25) is 4.79 Å². The molecule has 6 nitrogen and oxygen atoms in total. The summed E-state index contributed by atoms with van der Waals surface area (Å²) in [6.45, 7) is 1.94. The van der Waals surface area contributed by atoms with Crippen LogP contribution < -0.4 is 9.47 Å². The Hall–Kier alpha value is -3.93. The fourth-order valence-corrected chi connectivity index (χ4v) is 2.91. The van der Waals surface area contributed by atoms with Crippen LogP contribution in [0.4, 0.5) is 0 Å². The van der Waals surface area contributed by atoms with E-state index >= 15 is 0 Å². The van der Waals surface area contributed by atoms with Crippen molar-refractivity contribution in [3.63, 3.8) is 0 Å². The zero-order valence-electron chi connectivity index (χ0n) is 16.7. The van der Waals surface area contributed by atoms with Crippen molar-refractivity contribution >= 4 is 5.78 Å². The number of aromatic nitrogens is 2. The number of ketones is 1. The van der Waals surface area contributed by atoms with Gasteiger partial charge < -0.3 is 14.0 Å². The molecule has 0 spiro atoms. The second-order valence-electron chi connectivity index (χ2n) is 6.76. The Kier molecular flexibility index (Phi) is 5.57. The third-order valence-corrected chi connectivity index (χ3v) is 4.58. The highest BCUT2D eigenvalue weighted by molar-refractivity contribution is 5.97. The molecule has 0 atom stereocenters. The van der Waals surface area contributed by atoms with E-state index in [-0.39, 0.29) is 12.4 Å². The highest BCUT2D eigenvalue weighted by Crippen LogP contribution is 2.25. The summed E-state index contributed by atoms with van der Waals surface area (Å²) in [6.07, 6.45) is 0. The molecule has 0 bridgehead atoms. The number of aryl methyl sites for hydroxylation is 1. The summed E-state index contributed by atoms with van der Waals surface area (Å²) in [5, 5.41) is 4.07. The first-order valence-corrected chi connectivity index (χ1v) is 9.43. The third kappa shape index (κ3) is 4.38. The first kappa shape index (κ1) is 19.4. The van der Waals surface area contributed by atoms with E-state index in [1.165, 1.54) is 0 Å². The second-order valence-corrected chi connectivity index (χ2v) is 6.76. The van der Waals surface area contributed by atoms with Crippen molar-refractivity contribution in [2.45, 2.75) is 6.92 Å². The van der Waals surface area contributed by atoms with E-state index in [2.05, 4.69) is 10.1 Å². The Bertz CT molecular complexity index is 1170. The van der Waals surface area contributed by atoms with Crippen molar-refractivity contribution in [2.75, 3.05) is 13.7 Å². The minimum atomic E-state index is -0.138. The average molecular weight is 400 g/mol. The van der Waals surface area contributed by atoms with Crippen molar-refractivity contribution in [1.29, 1.82) is 0 Å². The number of nitrogens with zero attached hydrogens (tertiary/aromatic N) is 2. The molecule has 0 aliphatic rings. The van der Waals surface area contributed by atoms with Crippen LogP contribution in [-0.2, 0) is 0 Å². The van der Waals surface area contributed by atoms with E-state index < -0.39 is 0 Å². The summed E-state index contributed by atoms with van der Waals surface area (Å²) in [4.78, 5) is 16.9. The normalized spacial score (nSPS) is 10.6. The van der Waals surface area contributed by atoms with E-state index in [4.69, 9.17) is 14.0 Å². The van der Waals surface area contributed by atoms with Crippen LogP contribution in [0.25, 0.3) is 22.8 Å². The Morgan fingerprint density at radius 3 is 2.50 bits per heavy atom. The number of Topliss-reactive ketones (excluding diaryl/α,β-unsaturated/α-hetero) is 1. The Labute approximate surface area is 174 Å². The maximum atomic E-state index is 12.4. The molecule has 1 heterocycles. The van der Waals surface area contributed by atoms with Gasteiger partial charge in [0.25, 0.3) is 5.89 Å². The third-order valence-electron chi connectivity index (χ3n) is 4.58. The minimum Gasteiger partial charge on any atom is -0.497 e. The molecule has 150 valence electrons. The number of carbonyl (C=O) groups excluding carboxylic acids is 1. The average Bonchev–Trinajstić information content (AvgIpc) is 3.28. The maximum Gasteiger partial charge on any atom is 0.258 e. The van der Waals surface area contributed by atoms with Gasteiger partial charge in [-0.25, -0.2) is 0 Å². The van der Waals surface area contributed by atoms with E-state index in [0.29, 0.717) is 28.8 Å². The van der Waals surface area contributed by atoms with Gasteiger partial charge in [0, 0.05) is 16.7 Å². The van der Waals surface area contributed by atoms with Gasteiger partial charge in [0.05, 0.1) is 7.11 Å². The predicted molar refractivity (Wildman–Crippen MR) is 113 cm³/mol. The molecule has 0 aliphatic heterocycles. The van der Waals surface area contributed by atoms with Crippen molar-refractivity contribution in [1.82, 2.24) is 10.1 Å². The van der Waals surface area contributed by atoms with Crippen LogP contribution in [-0.4, -0.2) is 29.6 Å². The molecule has 6 heteroatoms. The van der Waals surface area contributed by atoms with E-state index in [0.717, 1.165) is 16.7 Å². The lowest BCUT2D eigenvalue weighted by Crippen LogP contribution is -2.11. The molecule has 0 saturated heterocycles. The maximum absolute atomic E-state index is 12.4. The highest BCUT2D eigenvalue weighted by atomic mass is 16.5. The number of ether oxygens (including phenoxy) is 2. The second kappa shape index (κ2) is 8.61. The lowest BCUT2D eigenvalue weighted by molar-refractivity contribution is 0.0921. The molecule has 0 fully saturated rings. The Morgan fingerprint density at radius 1 is 0.933 bits per heavy atom. The van der Waals surface area contributed by atoms with Gasteiger partial charge >= 0.3 is 0 Å². The zero-order chi connectivity index (χ0) is 20.9. The molecule has 0 saturated carbocycles. The van der Waals surface area contributed by atoms with Gasteiger partial charge in [-0.1, -0.05) is 47.1 Å². The van der Waals surface area contributed by atoms with Gasteiger partial charge in [0.1, 0.15) is 11.5 Å². The van der Waals surface area contributed by atoms with Crippen molar-refractivity contribution in [3.8, 4) is 34.3 Å². The van der Waals surface area contributed by atoms with Gasteiger partial charge in [0.2, 0.25) is 5.82 Å². The van der Waals surface area contributed by atoms with Crippen molar-refractivity contribution < 1.29 is 18.8 Å². The van der Waals surface area contributed by atoms with Crippen molar-refractivity contribution in [2.24, 2.45) is 0 Å². The molecule has 0 N–H and O–H groups in total. The minimum absolute atomic E-state index is 0.0858. The molecular formula is C24H20N2O4. The number of carbonyl (C=O) groups is 1. The first-order valence-electron chi connectivity index (χ1n) is 9.43. The van der Waals surface area contributed by atoms with Crippen LogP contribution in [0.1, 0.15) is 15.9 Å². The van der Waals surface area contributed by atoms with Crippen molar-refractivity contribution in [3.05, 3.63) is 83.9 Å². The summed E-state index contributed by atoms with van der Waals surface area (Å²) >= 11 is 0. The van der Waals surface area contributed by atoms with Gasteiger partial charge in [-0.2, -0.15) is 4.98 Å². The fraction of sp³-hybridized carbons (Fsp3) is 0.125. The quantitative estimate of drug-likeness (QED) is 0.407. The Morgan fingerprint density at radius 2 is 1.70 bits per heavy atom. The predicted octanol–water partition coefficient (Wildman–Crippen LogP) is 4.98. The van der Waals surface area contributed by atoms with Crippen LogP contribution in [0.3, 0.4) is 0 Å². The molecule has 0 unspecified atom stereocenters. The molecule has 1 aromatic heterocycles. The first-order chi connectivity index (χ1) is 14.6. The number of benzene rings is 3. The SMILES string of the molecule is COc1cccc(C(=O)COc2cccc(-c3noc(-c4ccc(C)cc4)n3)c2)c1. The topological polar surface area (TPSA) is 74.5 Å². The highest BCUT2D eigenvalue weighted by Gasteiger charge is 2.12. The van der Waals surface area contributed by atoms with Gasteiger partial charge in [0.15, 0.2) is 12.4 Å². The van der Waals surface area contributed by atoms with Gasteiger partial charge in [-0.05, 0) is 43.3 Å². The summed E-state index contributed by atoms with van der Waals surface area (Å²) in [5.41, 5.74) is 3.29. The molecule has 30 heavy (non-hydrogen) atoms. The summed E-state index contributed by atoms with van der Waals surface area (Å²) < 4.78 is 16.2. The lowest BCUT2D eigenvalue weighted by Gasteiger charge is -2.07. The molecule has 0 aliphatic carbocycles. The molecule has 4 aromatic rings. The molecule has 0 radical (unpaired) electrons. The summed E-state index contributed by atoms with van der Waals surface area (Å²) in [5.74, 6) is 1.94. The number of methoxy groups -OCH3 is 1. The number of hydrogen-bond acceptors (Lipinski definition) is 6. The molecule has 3 aromatic carbocycles. The standard InChI is InChI=1S/C24H20N2O4/c1-16-9-11-17(12-10-16)24-25-23(26-30-24)19-6-4-8-21(14-19)29-15-22(27)18-5-3-7-20(13-18)28-2/h3-14H,15H2,1-2H3. The largest absolute Gasteiger partial charge is 0.497 e. The summed E-state index contributed by atoms with van der Waals surface area (Å²) in [6, 6.07) is 22.1. The van der Waals surface area contributed by atoms with Crippen LogP contribution in [0, 0.1) is 6.92 Å². The fourth-order valence-electron chi connectivity index (χ4n) is 2.91. The van der Waals surface area contributed by atoms with E-state index in [1.54, 1.807) is 43.5 Å². The smallest absolute Gasteiger partial charge is 0.258 e. The van der Waals surface area contributed by atoms with Crippen LogP contribution in [0.2, 0.25) is 0 Å². The summed E-state index contributed by atoms with van der Waals surface area (Å²) in [7, 11) is 1.56. The zero-order valence-corrected chi connectivity index (χ0v) is 16.7. The van der Waals surface area contributed by atoms with Crippen LogP contribution >= 0.6 is 0 Å². The monoisotopic (exact) mass is 400 g/mol. The molecule has 0 amide bonds. The van der Waals surface area contributed by atoms with Crippen LogP contribution in [0.5, 0.6) is 11.5 Å². The number of rotatable bonds is 7. The van der Waals surface area contributed by atoms with Gasteiger partial charge in [-0.15, -0.1) is 0 Å². The van der Waals surface area contributed by atoms with E-state index in [9.17, 15) is 4.79 Å². The molecule has 4 rings (SSSR count). The lowest BCUT2D eigenvalue weighted by atomic mass is 10.1. The Balaban J connectivity index is 1.46. The number of hydrogen-bond donors (Lipinski definition) is 0. The van der Waals surface area contributed by atoms with Crippen LogP contribution in [0.15, 0.2) is 77.3 Å². The van der Waals surface area contributed by atoms with E-state index in [1.807, 2.05) is 43.3 Å². The molecular weight excluding hydrogens is 380 g/mol.